The van der Waals surface area contributed by atoms with Crippen molar-refractivity contribution in [3.05, 3.63) is 24.3 Å². The van der Waals surface area contributed by atoms with Crippen LogP contribution in [0.1, 0.15) is 6.42 Å². The van der Waals surface area contributed by atoms with E-state index in [0.717, 1.165) is 19.5 Å². The molecule has 0 aliphatic heterocycles. The van der Waals surface area contributed by atoms with E-state index in [1.165, 1.54) is 6.20 Å². The number of halogens is 1. The molecule has 1 heterocycles. The van der Waals surface area contributed by atoms with E-state index in [9.17, 15) is 4.39 Å². The molecule has 1 aromatic heterocycles. The minimum Gasteiger partial charge on any atom is -0.372 e. The van der Waals surface area contributed by atoms with Gasteiger partial charge in [0.2, 0.25) is 0 Å². The molecule has 1 aromatic rings. The molecular formula is C10H16FN3. The Hall–Kier alpha value is -1.16. The van der Waals surface area contributed by atoms with E-state index in [0.29, 0.717) is 5.69 Å². The molecule has 0 spiro atoms. The van der Waals surface area contributed by atoms with Gasteiger partial charge < -0.3 is 10.2 Å². The van der Waals surface area contributed by atoms with Crippen LogP contribution in [0.15, 0.2) is 18.5 Å². The van der Waals surface area contributed by atoms with Gasteiger partial charge in [0.05, 0.1) is 11.9 Å². The van der Waals surface area contributed by atoms with E-state index < -0.39 is 0 Å². The topological polar surface area (TPSA) is 28.2 Å². The second-order valence-corrected chi connectivity index (χ2v) is 3.21. The van der Waals surface area contributed by atoms with E-state index in [1.807, 2.05) is 19.0 Å². The average molecular weight is 197 g/mol. The minimum atomic E-state index is -0.264. The van der Waals surface area contributed by atoms with Gasteiger partial charge in [0.15, 0.2) is 5.82 Å². The first kappa shape index (κ1) is 10.9. The van der Waals surface area contributed by atoms with Crippen molar-refractivity contribution in [2.45, 2.75) is 6.42 Å². The highest BCUT2D eigenvalue weighted by Gasteiger charge is 2.05. The third-order valence-electron chi connectivity index (χ3n) is 2.08. The fourth-order valence-electron chi connectivity index (χ4n) is 1.29. The molecule has 0 saturated heterocycles. The summed E-state index contributed by atoms with van der Waals surface area (Å²) in [7, 11) is 3.79. The molecule has 1 N–H and O–H groups in total. The van der Waals surface area contributed by atoms with Crippen LogP contribution < -0.4 is 10.2 Å². The van der Waals surface area contributed by atoms with Crippen molar-refractivity contribution < 1.29 is 4.39 Å². The van der Waals surface area contributed by atoms with Gasteiger partial charge in [-0.1, -0.05) is 0 Å². The largest absolute Gasteiger partial charge is 0.372 e. The lowest BCUT2D eigenvalue weighted by molar-refractivity contribution is 0.612. The fraction of sp³-hybridized carbons (Fsp3) is 0.500. The SMILES string of the molecule is CNCCCN(C)c1ccncc1F. The number of hydrogen-bond acceptors (Lipinski definition) is 3. The van der Waals surface area contributed by atoms with Crippen LogP contribution in [0.4, 0.5) is 10.1 Å². The third-order valence-corrected chi connectivity index (χ3v) is 2.08. The number of nitrogens with one attached hydrogen (secondary N) is 1. The van der Waals surface area contributed by atoms with Gasteiger partial charge in [-0.25, -0.2) is 4.39 Å². The van der Waals surface area contributed by atoms with Crippen molar-refractivity contribution >= 4 is 5.69 Å². The molecule has 0 fully saturated rings. The maximum Gasteiger partial charge on any atom is 0.164 e. The van der Waals surface area contributed by atoms with E-state index in [2.05, 4.69) is 10.3 Å². The number of hydrogen-bond donors (Lipinski definition) is 1. The molecule has 0 saturated carbocycles. The van der Waals surface area contributed by atoms with E-state index in [4.69, 9.17) is 0 Å². The zero-order chi connectivity index (χ0) is 10.4. The summed E-state index contributed by atoms with van der Waals surface area (Å²) in [6.45, 7) is 1.78. The number of aromatic nitrogens is 1. The third kappa shape index (κ3) is 2.96. The highest BCUT2D eigenvalue weighted by Crippen LogP contribution is 2.15. The molecule has 0 aliphatic rings. The lowest BCUT2D eigenvalue weighted by Crippen LogP contribution is -2.23. The molecule has 0 bridgehead atoms. The summed E-state index contributed by atoms with van der Waals surface area (Å²) >= 11 is 0. The summed E-state index contributed by atoms with van der Waals surface area (Å²) in [5.74, 6) is -0.264. The Morgan fingerprint density at radius 3 is 3.00 bits per heavy atom. The van der Waals surface area contributed by atoms with Crippen LogP contribution in [0.25, 0.3) is 0 Å². The average Bonchev–Trinajstić information content (AvgIpc) is 2.18. The lowest BCUT2D eigenvalue weighted by atomic mass is 10.3. The van der Waals surface area contributed by atoms with Crippen LogP contribution in [0, 0.1) is 5.82 Å². The first-order chi connectivity index (χ1) is 6.75. The Balaban J connectivity index is 2.51. The van der Waals surface area contributed by atoms with Gasteiger partial charge in [-0.2, -0.15) is 0 Å². The Kier molecular flexibility index (Phi) is 4.32. The fourth-order valence-corrected chi connectivity index (χ4v) is 1.29. The standard InChI is InChI=1S/C10H16FN3/c1-12-5-3-7-14(2)10-4-6-13-8-9(10)11/h4,6,8,12H,3,5,7H2,1-2H3. The molecular weight excluding hydrogens is 181 g/mol. The van der Waals surface area contributed by atoms with Gasteiger partial charge in [-0.05, 0) is 26.1 Å². The maximum atomic E-state index is 13.2. The van der Waals surface area contributed by atoms with E-state index >= 15 is 0 Å². The van der Waals surface area contributed by atoms with E-state index in [-0.39, 0.29) is 5.82 Å². The monoisotopic (exact) mass is 197 g/mol. The summed E-state index contributed by atoms with van der Waals surface area (Å²) in [5, 5.41) is 3.06. The van der Waals surface area contributed by atoms with E-state index in [1.54, 1.807) is 12.3 Å². The minimum absolute atomic E-state index is 0.264. The molecule has 0 amide bonds. The molecule has 0 atom stereocenters. The lowest BCUT2D eigenvalue weighted by Gasteiger charge is -2.19. The van der Waals surface area contributed by atoms with Crippen LogP contribution in [-0.2, 0) is 0 Å². The van der Waals surface area contributed by atoms with Crippen molar-refractivity contribution in [2.24, 2.45) is 0 Å². The van der Waals surface area contributed by atoms with Crippen LogP contribution in [0.2, 0.25) is 0 Å². The van der Waals surface area contributed by atoms with Crippen LogP contribution in [-0.4, -0.2) is 32.2 Å². The first-order valence-corrected chi connectivity index (χ1v) is 4.71. The Bertz CT molecular complexity index is 278. The predicted octanol–water partition coefficient (Wildman–Crippen LogP) is 1.27. The van der Waals surface area contributed by atoms with Crippen LogP contribution in [0.5, 0.6) is 0 Å². The molecule has 4 heteroatoms. The van der Waals surface area contributed by atoms with Crippen molar-refractivity contribution in [1.82, 2.24) is 10.3 Å². The Morgan fingerprint density at radius 1 is 1.57 bits per heavy atom. The summed E-state index contributed by atoms with van der Waals surface area (Å²) < 4.78 is 13.2. The molecule has 3 nitrogen and oxygen atoms in total. The smallest absolute Gasteiger partial charge is 0.164 e. The number of pyridine rings is 1. The van der Waals surface area contributed by atoms with Crippen molar-refractivity contribution in [3.8, 4) is 0 Å². The number of rotatable bonds is 5. The Labute approximate surface area is 84.0 Å². The van der Waals surface area contributed by atoms with Crippen molar-refractivity contribution in [2.75, 3.05) is 32.1 Å². The zero-order valence-corrected chi connectivity index (χ0v) is 8.63. The summed E-state index contributed by atoms with van der Waals surface area (Å²) in [5.41, 5.74) is 0.608. The van der Waals surface area contributed by atoms with Crippen LogP contribution in [0.3, 0.4) is 0 Å². The highest BCUT2D eigenvalue weighted by molar-refractivity contribution is 5.44. The van der Waals surface area contributed by atoms with Gasteiger partial charge in [0.1, 0.15) is 0 Å². The molecule has 1 rings (SSSR count). The molecule has 0 unspecified atom stereocenters. The molecule has 0 aromatic carbocycles. The molecule has 14 heavy (non-hydrogen) atoms. The molecule has 78 valence electrons. The molecule has 0 aliphatic carbocycles. The zero-order valence-electron chi connectivity index (χ0n) is 8.63. The maximum absolute atomic E-state index is 13.2. The number of anilines is 1. The van der Waals surface area contributed by atoms with Crippen LogP contribution >= 0.6 is 0 Å². The first-order valence-electron chi connectivity index (χ1n) is 4.71. The second-order valence-electron chi connectivity index (χ2n) is 3.21. The van der Waals surface area contributed by atoms with Gasteiger partial charge in [-0.15, -0.1) is 0 Å². The Morgan fingerprint density at radius 2 is 2.36 bits per heavy atom. The van der Waals surface area contributed by atoms with Gasteiger partial charge in [0, 0.05) is 19.8 Å². The van der Waals surface area contributed by atoms with Gasteiger partial charge in [-0.3, -0.25) is 4.98 Å². The normalized spacial score (nSPS) is 10.2. The van der Waals surface area contributed by atoms with Gasteiger partial charge in [0.25, 0.3) is 0 Å². The summed E-state index contributed by atoms with van der Waals surface area (Å²) in [4.78, 5) is 5.61. The predicted molar refractivity (Wildman–Crippen MR) is 56.0 cm³/mol. The van der Waals surface area contributed by atoms with Gasteiger partial charge >= 0.3 is 0 Å². The number of nitrogens with zero attached hydrogens (tertiary/aromatic N) is 2. The second kappa shape index (κ2) is 5.54. The highest BCUT2D eigenvalue weighted by atomic mass is 19.1. The summed E-state index contributed by atoms with van der Waals surface area (Å²) in [6, 6.07) is 1.69. The quantitative estimate of drug-likeness (QED) is 0.720. The van der Waals surface area contributed by atoms with Crippen molar-refractivity contribution in [1.29, 1.82) is 0 Å². The van der Waals surface area contributed by atoms with Crippen molar-refractivity contribution in [3.63, 3.8) is 0 Å². The molecule has 0 radical (unpaired) electrons. The summed E-state index contributed by atoms with van der Waals surface area (Å²) in [6.07, 6.45) is 3.84.